The van der Waals surface area contributed by atoms with Gasteiger partial charge in [0.05, 0.1) is 4.90 Å². The molecular formula is C13H20ClNO2S. The zero-order valence-corrected chi connectivity index (χ0v) is 12.6. The van der Waals surface area contributed by atoms with Crippen molar-refractivity contribution in [3.63, 3.8) is 0 Å². The highest BCUT2D eigenvalue weighted by Gasteiger charge is 2.28. The topological polar surface area (TPSA) is 46.2 Å². The zero-order chi connectivity index (χ0) is 13.8. The molecule has 1 aromatic carbocycles. The average Bonchev–Trinajstić information content (AvgIpc) is 2.29. The SMILES string of the molecule is CCC(C)(CCCl)NS(=O)(=O)c1ccc(C)cc1. The first-order valence-electron chi connectivity index (χ1n) is 5.99. The summed E-state index contributed by atoms with van der Waals surface area (Å²) in [5.41, 5.74) is 0.541. The van der Waals surface area contributed by atoms with E-state index in [1.54, 1.807) is 24.3 Å². The molecule has 0 fully saturated rings. The molecule has 0 bridgehead atoms. The average molecular weight is 290 g/mol. The lowest BCUT2D eigenvalue weighted by atomic mass is 9.97. The monoisotopic (exact) mass is 289 g/mol. The molecule has 3 nitrogen and oxygen atoms in total. The van der Waals surface area contributed by atoms with Gasteiger partial charge in [-0.3, -0.25) is 0 Å². The third kappa shape index (κ3) is 3.97. The number of benzene rings is 1. The summed E-state index contributed by atoms with van der Waals surface area (Å²) in [4.78, 5) is 0.294. The van der Waals surface area contributed by atoms with E-state index in [1.807, 2.05) is 20.8 Å². The van der Waals surface area contributed by atoms with E-state index in [0.29, 0.717) is 23.6 Å². The van der Waals surface area contributed by atoms with E-state index in [9.17, 15) is 8.42 Å². The van der Waals surface area contributed by atoms with Crippen LogP contribution < -0.4 is 4.72 Å². The van der Waals surface area contributed by atoms with Gasteiger partial charge in [-0.15, -0.1) is 11.6 Å². The molecule has 1 atom stereocenters. The molecular weight excluding hydrogens is 270 g/mol. The molecule has 1 N–H and O–H groups in total. The fourth-order valence-corrected chi connectivity index (χ4v) is 3.53. The smallest absolute Gasteiger partial charge is 0.207 e. The molecule has 0 aliphatic heterocycles. The summed E-state index contributed by atoms with van der Waals surface area (Å²) < 4.78 is 27.2. The highest BCUT2D eigenvalue weighted by atomic mass is 35.5. The maximum absolute atomic E-state index is 12.2. The van der Waals surface area contributed by atoms with Crippen LogP contribution >= 0.6 is 11.6 Å². The van der Waals surface area contributed by atoms with Crippen LogP contribution in [0.5, 0.6) is 0 Å². The molecule has 0 saturated heterocycles. The molecule has 0 radical (unpaired) electrons. The fraction of sp³-hybridized carbons (Fsp3) is 0.538. The molecule has 1 rings (SSSR count). The van der Waals surface area contributed by atoms with Crippen molar-refractivity contribution in [2.75, 3.05) is 5.88 Å². The number of sulfonamides is 1. The van der Waals surface area contributed by atoms with Crippen molar-refractivity contribution >= 4 is 21.6 Å². The Hall–Kier alpha value is -0.580. The van der Waals surface area contributed by atoms with E-state index in [2.05, 4.69) is 4.72 Å². The van der Waals surface area contributed by atoms with Gasteiger partial charge in [-0.2, -0.15) is 0 Å². The normalized spacial score (nSPS) is 15.3. The lowest BCUT2D eigenvalue weighted by Gasteiger charge is -2.28. The van der Waals surface area contributed by atoms with Crippen molar-refractivity contribution in [3.05, 3.63) is 29.8 Å². The quantitative estimate of drug-likeness (QED) is 0.818. The fourth-order valence-electron chi connectivity index (χ4n) is 1.61. The second-order valence-corrected chi connectivity index (χ2v) is 6.83. The van der Waals surface area contributed by atoms with Gasteiger partial charge < -0.3 is 0 Å². The maximum Gasteiger partial charge on any atom is 0.241 e. The van der Waals surface area contributed by atoms with Crippen molar-refractivity contribution in [2.24, 2.45) is 0 Å². The Labute approximate surface area is 115 Å². The van der Waals surface area contributed by atoms with Crippen LogP contribution in [0.2, 0.25) is 0 Å². The van der Waals surface area contributed by atoms with Crippen LogP contribution in [-0.2, 0) is 10.0 Å². The molecule has 18 heavy (non-hydrogen) atoms. The van der Waals surface area contributed by atoms with Gasteiger partial charge in [0.2, 0.25) is 10.0 Å². The molecule has 5 heteroatoms. The van der Waals surface area contributed by atoms with Crippen molar-refractivity contribution < 1.29 is 8.42 Å². The van der Waals surface area contributed by atoms with Crippen molar-refractivity contribution in [1.29, 1.82) is 0 Å². The van der Waals surface area contributed by atoms with E-state index in [0.717, 1.165) is 5.56 Å². The van der Waals surface area contributed by atoms with Gasteiger partial charge in [-0.05, 0) is 38.8 Å². The largest absolute Gasteiger partial charge is 0.241 e. The molecule has 0 heterocycles. The molecule has 102 valence electrons. The summed E-state index contributed by atoms with van der Waals surface area (Å²) in [7, 11) is -3.48. The highest BCUT2D eigenvalue weighted by molar-refractivity contribution is 7.89. The van der Waals surface area contributed by atoms with Gasteiger partial charge in [0.1, 0.15) is 0 Å². The van der Waals surface area contributed by atoms with Crippen LogP contribution in [0.4, 0.5) is 0 Å². The zero-order valence-electron chi connectivity index (χ0n) is 11.0. The molecule has 0 aliphatic carbocycles. The minimum atomic E-state index is -3.48. The van der Waals surface area contributed by atoms with Crippen LogP contribution in [-0.4, -0.2) is 19.8 Å². The summed E-state index contributed by atoms with van der Waals surface area (Å²) in [6, 6.07) is 6.82. The third-order valence-electron chi connectivity index (χ3n) is 3.14. The van der Waals surface area contributed by atoms with Crippen LogP contribution in [0.25, 0.3) is 0 Å². The van der Waals surface area contributed by atoms with E-state index in [-0.39, 0.29) is 0 Å². The van der Waals surface area contributed by atoms with Crippen molar-refractivity contribution in [2.45, 2.75) is 44.0 Å². The number of aryl methyl sites for hydroxylation is 1. The van der Waals surface area contributed by atoms with E-state index >= 15 is 0 Å². The summed E-state index contributed by atoms with van der Waals surface area (Å²) in [6.45, 7) is 5.75. The minimum Gasteiger partial charge on any atom is -0.207 e. The van der Waals surface area contributed by atoms with Gasteiger partial charge in [0, 0.05) is 11.4 Å². The summed E-state index contributed by atoms with van der Waals surface area (Å²) >= 11 is 5.73. The Morgan fingerprint density at radius 1 is 1.28 bits per heavy atom. The second kappa shape index (κ2) is 6.04. The van der Waals surface area contributed by atoms with Gasteiger partial charge in [0.15, 0.2) is 0 Å². The highest BCUT2D eigenvalue weighted by Crippen LogP contribution is 2.20. The number of nitrogens with one attached hydrogen (secondary N) is 1. The summed E-state index contributed by atoms with van der Waals surface area (Å²) in [5.74, 6) is 0.431. The minimum absolute atomic E-state index is 0.294. The Kier molecular flexibility index (Phi) is 5.20. The lowest BCUT2D eigenvalue weighted by molar-refractivity contribution is 0.390. The van der Waals surface area contributed by atoms with E-state index in [1.165, 1.54) is 0 Å². The van der Waals surface area contributed by atoms with Gasteiger partial charge in [-0.1, -0.05) is 24.6 Å². The molecule has 0 spiro atoms. The van der Waals surface area contributed by atoms with Crippen LogP contribution in [0.15, 0.2) is 29.2 Å². The van der Waals surface area contributed by atoms with Gasteiger partial charge >= 0.3 is 0 Å². The van der Waals surface area contributed by atoms with E-state index in [4.69, 9.17) is 11.6 Å². The maximum atomic E-state index is 12.2. The van der Waals surface area contributed by atoms with Gasteiger partial charge in [0.25, 0.3) is 0 Å². The Balaban J connectivity index is 2.97. The number of halogens is 1. The van der Waals surface area contributed by atoms with Crippen molar-refractivity contribution in [1.82, 2.24) is 4.72 Å². The number of hydrogen-bond donors (Lipinski definition) is 1. The Bertz CT molecular complexity index is 484. The predicted molar refractivity (Wildman–Crippen MR) is 75.5 cm³/mol. The standard InChI is InChI=1S/C13H20ClNO2S/c1-4-13(3,9-10-14)15-18(16,17)12-7-5-11(2)6-8-12/h5-8,15H,4,9-10H2,1-3H3. The first-order chi connectivity index (χ1) is 8.33. The van der Waals surface area contributed by atoms with Crippen LogP contribution in [0.1, 0.15) is 32.3 Å². The Morgan fingerprint density at radius 2 is 1.83 bits per heavy atom. The number of alkyl halides is 1. The molecule has 1 unspecified atom stereocenters. The lowest BCUT2D eigenvalue weighted by Crippen LogP contribution is -2.45. The predicted octanol–water partition coefficient (Wildman–Crippen LogP) is 3.07. The number of hydrogen-bond acceptors (Lipinski definition) is 2. The van der Waals surface area contributed by atoms with E-state index < -0.39 is 15.6 Å². The second-order valence-electron chi connectivity index (χ2n) is 4.77. The van der Waals surface area contributed by atoms with Crippen LogP contribution in [0.3, 0.4) is 0 Å². The molecule has 0 aliphatic rings. The summed E-state index contributed by atoms with van der Waals surface area (Å²) in [5, 5.41) is 0. The Morgan fingerprint density at radius 3 is 2.28 bits per heavy atom. The molecule has 1 aromatic rings. The summed E-state index contributed by atoms with van der Waals surface area (Å²) in [6.07, 6.45) is 1.31. The van der Waals surface area contributed by atoms with Gasteiger partial charge in [-0.25, -0.2) is 13.1 Å². The first-order valence-corrected chi connectivity index (χ1v) is 8.01. The van der Waals surface area contributed by atoms with Crippen molar-refractivity contribution in [3.8, 4) is 0 Å². The molecule has 0 saturated carbocycles. The van der Waals surface area contributed by atoms with Crippen LogP contribution in [0, 0.1) is 6.92 Å². The number of rotatable bonds is 6. The molecule has 0 aromatic heterocycles. The molecule has 0 amide bonds. The first kappa shape index (κ1) is 15.5. The third-order valence-corrected chi connectivity index (χ3v) is 4.98.